The number of fused-ring (bicyclic) bond motifs is 1. The molecule has 0 saturated heterocycles. The molecule has 0 radical (unpaired) electrons. The fourth-order valence-corrected chi connectivity index (χ4v) is 2.82. The summed E-state index contributed by atoms with van der Waals surface area (Å²) in [6, 6.07) is 10.4. The van der Waals surface area contributed by atoms with Crippen molar-refractivity contribution in [1.29, 1.82) is 0 Å². The number of hydrogen-bond donors (Lipinski definition) is 2. The molecule has 1 aromatic carbocycles. The summed E-state index contributed by atoms with van der Waals surface area (Å²) in [4.78, 5) is 15.7. The lowest BCUT2D eigenvalue weighted by molar-refractivity contribution is -0.143. The van der Waals surface area contributed by atoms with Crippen LogP contribution in [0.5, 0.6) is 0 Å². The van der Waals surface area contributed by atoms with E-state index in [-0.39, 0.29) is 18.0 Å². The van der Waals surface area contributed by atoms with E-state index in [1.54, 1.807) is 0 Å². The number of amidine groups is 1. The maximum Gasteiger partial charge on any atom is 0.306 e. The van der Waals surface area contributed by atoms with Crippen LogP contribution in [0.1, 0.15) is 24.8 Å². The minimum absolute atomic E-state index is 0.190. The van der Waals surface area contributed by atoms with E-state index in [0.29, 0.717) is 6.42 Å². The molecule has 0 bridgehead atoms. The molecule has 1 aliphatic heterocycles. The number of carbonyl (C=O) groups is 1. The van der Waals surface area contributed by atoms with Crippen LogP contribution < -0.4 is 5.32 Å². The van der Waals surface area contributed by atoms with Crippen molar-refractivity contribution < 1.29 is 9.90 Å². The number of rotatable bonds is 2. The van der Waals surface area contributed by atoms with Gasteiger partial charge in [-0.25, -0.2) is 0 Å². The average molecular weight is 244 g/mol. The third-order valence-corrected chi connectivity index (χ3v) is 3.83. The monoisotopic (exact) mass is 244 g/mol. The summed E-state index contributed by atoms with van der Waals surface area (Å²) in [5.74, 6) is 0.0177. The van der Waals surface area contributed by atoms with Gasteiger partial charge in [0.25, 0.3) is 0 Å². The van der Waals surface area contributed by atoms with Crippen molar-refractivity contribution in [3.05, 3.63) is 35.9 Å². The first-order valence-electron chi connectivity index (χ1n) is 6.36. The van der Waals surface area contributed by atoms with Gasteiger partial charge in [-0.05, 0) is 19.3 Å². The Morgan fingerprint density at radius 1 is 1.28 bits per heavy atom. The van der Waals surface area contributed by atoms with Crippen molar-refractivity contribution in [2.45, 2.75) is 31.3 Å². The summed E-state index contributed by atoms with van der Waals surface area (Å²) in [6.07, 6.45) is 2.29. The van der Waals surface area contributed by atoms with Gasteiger partial charge in [-0.1, -0.05) is 30.3 Å². The molecule has 94 valence electrons. The van der Waals surface area contributed by atoms with Crippen LogP contribution in [-0.2, 0) is 4.79 Å². The molecule has 1 saturated carbocycles. The Kier molecular flexibility index (Phi) is 2.78. The maximum absolute atomic E-state index is 11.0. The van der Waals surface area contributed by atoms with E-state index in [9.17, 15) is 4.79 Å². The van der Waals surface area contributed by atoms with Crippen molar-refractivity contribution >= 4 is 11.8 Å². The highest BCUT2D eigenvalue weighted by molar-refractivity contribution is 6.00. The minimum atomic E-state index is -0.677. The lowest BCUT2D eigenvalue weighted by atomic mass is 9.83. The van der Waals surface area contributed by atoms with E-state index >= 15 is 0 Å². The third-order valence-electron chi connectivity index (χ3n) is 3.83. The van der Waals surface area contributed by atoms with Crippen LogP contribution >= 0.6 is 0 Å². The van der Waals surface area contributed by atoms with E-state index in [4.69, 9.17) is 5.11 Å². The van der Waals surface area contributed by atoms with Crippen LogP contribution in [0.2, 0.25) is 0 Å². The molecule has 0 amide bonds. The molecule has 1 heterocycles. The number of benzene rings is 1. The normalized spacial score (nSPS) is 30.2. The molecule has 2 N–H and O–H groups in total. The quantitative estimate of drug-likeness (QED) is 0.831. The lowest BCUT2D eigenvalue weighted by Crippen LogP contribution is -2.41. The van der Waals surface area contributed by atoms with E-state index in [0.717, 1.165) is 24.2 Å². The van der Waals surface area contributed by atoms with Gasteiger partial charge in [0.2, 0.25) is 0 Å². The van der Waals surface area contributed by atoms with Crippen molar-refractivity contribution in [1.82, 2.24) is 5.32 Å². The lowest BCUT2D eigenvalue weighted by Gasteiger charge is -2.28. The number of nitrogens with zero attached hydrogens (tertiary/aromatic N) is 1. The van der Waals surface area contributed by atoms with Gasteiger partial charge in [0.05, 0.1) is 18.0 Å². The van der Waals surface area contributed by atoms with Gasteiger partial charge in [0.1, 0.15) is 5.84 Å². The molecule has 3 unspecified atom stereocenters. The molecule has 2 aliphatic rings. The van der Waals surface area contributed by atoms with Crippen molar-refractivity contribution in [2.75, 3.05) is 0 Å². The van der Waals surface area contributed by atoms with Crippen LogP contribution in [0.3, 0.4) is 0 Å². The number of carboxylic acid groups (broad SMARTS) is 1. The van der Waals surface area contributed by atoms with E-state index in [1.807, 2.05) is 30.3 Å². The van der Waals surface area contributed by atoms with E-state index < -0.39 is 5.97 Å². The highest BCUT2D eigenvalue weighted by Crippen LogP contribution is 2.30. The fourth-order valence-electron chi connectivity index (χ4n) is 2.82. The summed E-state index contributed by atoms with van der Waals surface area (Å²) in [5, 5.41) is 12.5. The Morgan fingerprint density at radius 2 is 2.06 bits per heavy atom. The molecule has 3 atom stereocenters. The van der Waals surface area contributed by atoms with Gasteiger partial charge in [0.15, 0.2) is 0 Å². The zero-order chi connectivity index (χ0) is 12.5. The highest BCUT2D eigenvalue weighted by Gasteiger charge is 2.37. The molecule has 1 fully saturated rings. The zero-order valence-corrected chi connectivity index (χ0v) is 10.0. The van der Waals surface area contributed by atoms with Gasteiger partial charge in [0, 0.05) is 5.56 Å². The Morgan fingerprint density at radius 3 is 2.78 bits per heavy atom. The number of nitrogens with one attached hydrogen (secondary N) is 1. The van der Waals surface area contributed by atoms with Crippen molar-refractivity contribution in [3.8, 4) is 0 Å². The topological polar surface area (TPSA) is 61.7 Å². The van der Waals surface area contributed by atoms with Crippen molar-refractivity contribution in [3.63, 3.8) is 0 Å². The number of aliphatic carboxylic acids is 1. The van der Waals surface area contributed by atoms with Gasteiger partial charge < -0.3 is 10.4 Å². The number of carboxylic acids is 1. The predicted molar refractivity (Wildman–Crippen MR) is 68.7 cm³/mol. The third kappa shape index (κ3) is 1.98. The largest absolute Gasteiger partial charge is 0.481 e. The first-order valence-corrected chi connectivity index (χ1v) is 6.36. The average Bonchev–Trinajstić information content (AvgIpc) is 2.82. The van der Waals surface area contributed by atoms with Crippen LogP contribution in [0.15, 0.2) is 35.3 Å². The van der Waals surface area contributed by atoms with Gasteiger partial charge >= 0.3 is 5.97 Å². The molecule has 1 aromatic rings. The van der Waals surface area contributed by atoms with Gasteiger partial charge in [-0.3, -0.25) is 9.79 Å². The summed E-state index contributed by atoms with van der Waals surface area (Å²) in [7, 11) is 0. The molecule has 1 aliphatic carbocycles. The van der Waals surface area contributed by atoms with Crippen LogP contribution in [0, 0.1) is 5.92 Å². The van der Waals surface area contributed by atoms with Crippen molar-refractivity contribution in [2.24, 2.45) is 10.9 Å². The summed E-state index contributed by atoms with van der Waals surface area (Å²) < 4.78 is 0. The summed E-state index contributed by atoms with van der Waals surface area (Å²) in [6.45, 7) is 0. The molecule has 4 heteroatoms. The van der Waals surface area contributed by atoms with Crippen LogP contribution in [0.25, 0.3) is 0 Å². The summed E-state index contributed by atoms with van der Waals surface area (Å²) >= 11 is 0. The summed E-state index contributed by atoms with van der Waals surface area (Å²) in [5.41, 5.74) is 1.08. The number of hydrogen-bond acceptors (Lipinski definition) is 3. The van der Waals surface area contributed by atoms with Gasteiger partial charge in [-0.15, -0.1) is 0 Å². The van der Waals surface area contributed by atoms with Crippen LogP contribution in [0.4, 0.5) is 0 Å². The Bertz CT molecular complexity index is 484. The predicted octanol–water partition coefficient (Wildman–Crippen LogP) is 1.66. The Labute approximate surface area is 106 Å². The molecule has 18 heavy (non-hydrogen) atoms. The minimum Gasteiger partial charge on any atom is -0.481 e. The zero-order valence-electron chi connectivity index (χ0n) is 10.0. The fraction of sp³-hybridized carbons (Fsp3) is 0.429. The molecular formula is C14H16N2O2. The standard InChI is InChI=1S/C14H16N2O2/c17-14(18)10-6-7-11-12(8-10)16-13(15-11)9-4-2-1-3-5-9/h1-5,10-12H,6-8H2,(H,15,16)(H,17,18). The first-order chi connectivity index (χ1) is 8.74. The Balaban J connectivity index is 1.75. The first kappa shape index (κ1) is 11.3. The second-order valence-corrected chi connectivity index (χ2v) is 5.01. The smallest absolute Gasteiger partial charge is 0.306 e. The van der Waals surface area contributed by atoms with Crippen LogP contribution in [-0.4, -0.2) is 29.0 Å². The van der Waals surface area contributed by atoms with Gasteiger partial charge in [-0.2, -0.15) is 0 Å². The molecule has 4 nitrogen and oxygen atoms in total. The molecular weight excluding hydrogens is 228 g/mol. The second kappa shape index (κ2) is 4.44. The molecule has 0 spiro atoms. The van der Waals surface area contributed by atoms with E-state index in [1.165, 1.54) is 0 Å². The van der Waals surface area contributed by atoms with E-state index in [2.05, 4.69) is 10.3 Å². The highest BCUT2D eigenvalue weighted by atomic mass is 16.4. The maximum atomic E-state index is 11.0. The Hall–Kier alpha value is -1.84. The molecule has 3 rings (SSSR count). The second-order valence-electron chi connectivity index (χ2n) is 5.01. The SMILES string of the molecule is O=C(O)C1CCC2N=C(c3ccccc3)NC2C1. The molecule has 0 aromatic heterocycles. The number of aliphatic imine (C=N–C) groups is 1.